The second kappa shape index (κ2) is 7.08. The molecule has 1 saturated heterocycles. The fourth-order valence-electron chi connectivity index (χ4n) is 2.70. The van der Waals surface area contributed by atoms with Gasteiger partial charge in [-0.1, -0.05) is 12.1 Å². The lowest BCUT2D eigenvalue weighted by atomic mass is 10.1. The molecule has 0 bridgehead atoms. The highest BCUT2D eigenvalue weighted by molar-refractivity contribution is 9.10. The lowest BCUT2D eigenvalue weighted by Gasteiger charge is -2.26. The number of carbonyl (C=O) groups excluding carboxylic acids is 1. The van der Waals surface area contributed by atoms with Crippen LogP contribution in [0.3, 0.4) is 0 Å². The van der Waals surface area contributed by atoms with Gasteiger partial charge in [-0.2, -0.15) is 0 Å². The maximum Gasteiger partial charge on any atom is 0.272 e. The summed E-state index contributed by atoms with van der Waals surface area (Å²) in [6.45, 7) is 3.43. The Morgan fingerprint density at radius 1 is 1.17 bits per heavy atom. The standard InChI is InChI=1S/C17H19BrN4O/c1-12-19-15(17(23)22-9-5-2-6-10-22)11-16(20-12)21-14-8-4-3-7-13(14)18/h3-4,7-8,11H,2,5-6,9-10H2,1H3,(H,19,20,21). The Labute approximate surface area is 144 Å². The van der Waals surface area contributed by atoms with Gasteiger partial charge in [-0.25, -0.2) is 9.97 Å². The fraction of sp³-hybridized carbons (Fsp3) is 0.353. The zero-order valence-corrected chi connectivity index (χ0v) is 14.6. The molecule has 0 atom stereocenters. The number of carbonyl (C=O) groups is 1. The first-order valence-corrected chi connectivity index (χ1v) is 8.59. The van der Waals surface area contributed by atoms with E-state index in [1.807, 2.05) is 29.2 Å². The summed E-state index contributed by atoms with van der Waals surface area (Å²) in [6, 6.07) is 9.53. The van der Waals surface area contributed by atoms with Crippen molar-refractivity contribution in [2.24, 2.45) is 0 Å². The van der Waals surface area contributed by atoms with Crippen LogP contribution in [0.5, 0.6) is 0 Å². The molecule has 120 valence electrons. The molecular formula is C17H19BrN4O. The van der Waals surface area contributed by atoms with E-state index in [-0.39, 0.29) is 5.91 Å². The monoisotopic (exact) mass is 374 g/mol. The smallest absolute Gasteiger partial charge is 0.272 e. The predicted octanol–water partition coefficient (Wildman–Crippen LogP) is 3.92. The van der Waals surface area contributed by atoms with Crippen molar-refractivity contribution in [3.05, 3.63) is 46.3 Å². The fourth-order valence-corrected chi connectivity index (χ4v) is 3.08. The number of anilines is 2. The van der Waals surface area contributed by atoms with Gasteiger partial charge in [-0.3, -0.25) is 4.79 Å². The number of nitrogens with one attached hydrogen (secondary N) is 1. The number of halogens is 1. The number of nitrogens with zero attached hydrogens (tertiary/aromatic N) is 3. The molecule has 1 N–H and O–H groups in total. The van der Waals surface area contributed by atoms with Crippen molar-refractivity contribution in [3.8, 4) is 0 Å². The summed E-state index contributed by atoms with van der Waals surface area (Å²) in [5.41, 5.74) is 1.36. The van der Waals surface area contributed by atoms with E-state index in [2.05, 4.69) is 31.2 Å². The first-order chi connectivity index (χ1) is 11.1. The van der Waals surface area contributed by atoms with Gasteiger partial charge in [0.05, 0.1) is 5.69 Å². The molecule has 1 aromatic heterocycles. The Hall–Kier alpha value is -1.95. The van der Waals surface area contributed by atoms with E-state index in [1.54, 1.807) is 13.0 Å². The highest BCUT2D eigenvalue weighted by Crippen LogP contribution is 2.25. The van der Waals surface area contributed by atoms with Crippen LogP contribution in [-0.4, -0.2) is 33.9 Å². The predicted molar refractivity (Wildman–Crippen MR) is 93.9 cm³/mol. The molecule has 1 aromatic carbocycles. The van der Waals surface area contributed by atoms with Gasteiger partial charge >= 0.3 is 0 Å². The van der Waals surface area contributed by atoms with Gasteiger partial charge < -0.3 is 10.2 Å². The van der Waals surface area contributed by atoms with Crippen molar-refractivity contribution in [2.45, 2.75) is 26.2 Å². The van der Waals surface area contributed by atoms with Gasteiger partial charge in [0.15, 0.2) is 0 Å². The third kappa shape index (κ3) is 3.88. The van der Waals surface area contributed by atoms with Crippen LogP contribution >= 0.6 is 15.9 Å². The summed E-state index contributed by atoms with van der Waals surface area (Å²) in [4.78, 5) is 23.2. The highest BCUT2D eigenvalue weighted by atomic mass is 79.9. The number of aryl methyl sites for hydroxylation is 1. The van der Waals surface area contributed by atoms with Gasteiger partial charge in [-0.05, 0) is 54.2 Å². The van der Waals surface area contributed by atoms with Gasteiger partial charge in [-0.15, -0.1) is 0 Å². The molecule has 1 aliphatic heterocycles. The number of piperidine rings is 1. The van der Waals surface area contributed by atoms with Crippen molar-refractivity contribution in [1.82, 2.24) is 14.9 Å². The van der Waals surface area contributed by atoms with Crippen LogP contribution in [0.1, 0.15) is 35.6 Å². The minimum Gasteiger partial charge on any atom is -0.339 e. The minimum absolute atomic E-state index is 0.00891. The van der Waals surface area contributed by atoms with Crippen LogP contribution in [-0.2, 0) is 0 Å². The third-order valence-electron chi connectivity index (χ3n) is 3.84. The SMILES string of the molecule is Cc1nc(Nc2ccccc2Br)cc(C(=O)N2CCCCC2)n1. The molecule has 0 unspecified atom stereocenters. The molecule has 1 aliphatic rings. The average molecular weight is 375 g/mol. The molecule has 2 aromatic rings. The summed E-state index contributed by atoms with van der Waals surface area (Å²) in [5.74, 6) is 1.21. The molecule has 5 nitrogen and oxygen atoms in total. The van der Waals surface area contributed by atoms with E-state index in [1.165, 1.54) is 6.42 Å². The Bertz CT molecular complexity index is 713. The van der Waals surface area contributed by atoms with Crippen LogP contribution in [0.25, 0.3) is 0 Å². The summed E-state index contributed by atoms with van der Waals surface area (Å²) in [5, 5.41) is 3.24. The van der Waals surface area contributed by atoms with Crippen molar-refractivity contribution in [1.29, 1.82) is 0 Å². The number of para-hydroxylation sites is 1. The molecule has 23 heavy (non-hydrogen) atoms. The van der Waals surface area contributed by atoms with Crippen LogP contribution in [0, 0.1) is 6.92 Å². The lowest BCUT2D eigenvalue weighted by Crippen LogP contribution is -2.36. The van der Waals surface area contributed by atoms with Gasteiger partial charge in [0, 0.05) is 23.6 Å². The minimum atomic E-state index is -0.00891. The molecule has 6 heteroatoms. The Morgan fingerprint density at radius 2 is 1.91 bits per heavy atom. The quantitative estimate of drug-likeness (QED) is 0.884. The molecule has 0 aliphatic carbocycles. The molecule has 0 radical (unpaired) electrons. The topological polar surface area (TPSA) is 58.1 Å². The molecule has 0 saturated carbocycles. The van der Waals surface area contributed by atoms with Crippen molar-refractivity contribution in [3.63, 3.8) is 0 Å². The highest BCUT2D eigenvalue weighted by Gasteiger charge is 2.20. The molecule has 1 amide bonds. The second-order valence-corrected chi connectivity index (χ2v) is 6.50. The third-order valence-corrected chi connectivity index (χ3v) is 4.53. The number of aromatic nitrogens is 2. The van der Waals surface area contributed by atoms with Crippen LogP contribution in [0.15, 0.2) is 34.8 Å². The number of amides is 1. The number of likely N-dealkylation sites (tertiary alicyclic amines) is 1. The Balaban J connectivity index is 1.84. The van der Waals surface area contributed by atoms with Crippen LogP contribution in [0.2, 0.25) is 0 Å². The number of benzene rings is 1. The zero-order chi connectivity index (χ0) is 16.2. The Morgan fingerprint density at radius 3 is 2.65 bits per heavy atom. The van der Waals surface area contributed by atoms with Crippen molar-refractivity contribution in [2.75, 3.05) is 18.4 Å². The number of rotatable bonds is 3. The molecular weight excluding hydrogens is 356 g/mol. The molecule has 2 heterocycles. The van der Waals surface area contributed by atoms with E-state index in [0.717, 1.165) is 36.1 Å². The second-order valence-electron chi connectivity index (χ2n) is 5.64. The van der Waals surface area contributed by atoms with Crippen LogP contribution < -0.4 is 5.32 Å². The lowest BCUT2D eigenvalue weighted by molar-refractivity contribution is 0.0718. The van der Waals surface area contributed by atoms with Crippen molar-refractivity contribution < 1.29 is 4.79 Å². The number of hydrogen-bond acceptors (Lipinski definition) is 4. The summed E-state index contributed by atoms with van der Waals surface area (Å²) in [7, 11) is 0. The molecule has 0 spiro atoms. The largest absolute Gasteiger partial charge is 0.339 e. The zero-order valence-electron chi connectivity index (χ0n) is 13.1. The van der Waals surface area contributed by atoms with Gasteiger partial charge in [0.2, 0.25) is 0 Å². The summed E-state index contributed by atoms with van der Waals surface area (Å²) in [6.07, 6.45) is 3.33. The van der Waals surface area contributed by atoms with E-state index >= 15 is 0 Å². The maximum atomic E-state index is 12.6. The van der Waals surface area contributed by atoms with E-state index in [4.69, 9.17) is 0 Å². The van der Waals surface area contributed by atoms with Crippen molar-refractivity contribution >= 4 is 33.3 Å². The van der Waals surface area contributed by atoms with Gasteiger partial charge in [0.25, 0.3) is 5.91 Å². The summed E-state index contributed by atoms with van der Waals surface area (Å²) >= 11 is 3.50. The van der Waals surface area contributed by atoms with E-state index in [0.29, 0.717) is 17.3 Å². The normalized spacial score (nSPS) is 14.6. The average Bonchev–Trinajstić information content (AvgIpc) is 2.56. The first kappa shape index (κ1) is 15.9. The Kier molecular flexibility index (Phi) is 4.91. The number of hydrogen-bond donors (Lipinski definition) is 1. The van der Waals surface area contributed by atoms with Gasteiger partial charge in [0.1, 0.15) is 17.3 Å². The van der Waals surface area contributed by atoms with Crippen LogP contribution in [0.4, 0.5) is 11.5 Å². The molecule has 3 rings (SSSR count). The van der Waals surface area contributed by atoms with E-state index < -0.39 is 0 Å². The maximum absolute atomic E-state index is 12.6. The molecule has 1 fully saturated rings. The summed E-state index contributed by atoms with van der Waals surface area (Å²) < 4.78 is 0.945. The van der Waals surface area contributed by atoms with E-state index in [9.17, 15) is 4.79 Å². The first-order valence-electron chi connectivity index (χ1n) is 7.80.